The molecule has 0 radical (unpaired) electrons. The number of halogens is 4. The first-order valence-electron chi connectivity index (χ1n) is 4.96. The molecular formula is C10H13F3INS. The second-order valence-electron chi connectivity index (χ2n) is 3.45. The van der Waals surface area contributed by atoms with Gasteiger partial charge in [0, 0.05) is 12.5 Å². The summed E-state index contributed by atoms with van der Waals surface area (Å²) in [5, 5.41) is 5.01. The number of hydrogen-bond donors (Lipinski definition) is 1. The maximum Gasteiger partial charge on any atom is 0.389 e. The fourth-order valence-electron chi connectivity index (χ4n) is 1.45. The van der Waals surface area contributed by atoms with Crippen molar-refractivity contribution in [3.05, 3.63) is 19.9 Å². The zero-order chi connectivity index (χ0) is 12.2. The maximum atomic E-state index is 12.2. The second kappa shape index (κ2) is 6.20. The van der Waals surface area contributed by atoms with Crippen LogP contribution in [0.3, 0.4) is 0 Å². The van der Waals surface area contributed by atoms with E-state index in [1.807, 2.05) is 18.4 Å². The third kappa shape index (κ3) is 5.01. The van der Waals surface area contributed by atoms with Crippen LogP contribution in [0.4, 0.5) is 13.2 Å². The first-order valence-corrected chi connectivity index (χ1v) is 6.92. The molecule has 1 N–H and O–H groups in total. The van der Waals surface area contributed by atoms with Crippen LogP contribution in [0.15, 0.2) is 11.4 Å². The second-order valence-corrected chi connectivity index (χ2v) is 6.25. The van der Waals surface area contributed by atoms with Crippen molar-refractivity contribution in [3.63, 3.8) is 0 Å². The number of alkyl halides is 3. The summed E-state index contributed by atoms with van der Waals surface area (Å²) in [5.41, 5.74) is 0.959. The molecule has 0 amide bonds. The number of rotatable bonds is 5. The van der Waals surface area contributed by atoms with E-state index in [9.17, 15) is 13.2 Å². The van der Waals surface area contributed by atoms with Crippen LogP contribution < -0.4 is 5.32 Å². The molecule has 0 spiro atoms. The van der Waals surface area contributed by atoms with Crippen molar-refractivity contribution in [2.45, 2.75) is 32.0 Å². The van der Waals surface area contributed by atoms with Gasteiger partial charge in [0.15, 0.2) is 0 Å². The topological polar surface area (TPSA) is 12.0 Å². The molecule has 16 heavy (non-hydrogen) atoms. The SMILES string of the molecule is CCNC(CCC(F)(F)F)c1csc(I)c1. The Kier molecular flexibility index (Phi) is 5.52. The average molecular weight is 363 g/mol. The molecule has 1 aromatic heterocycles. The lowest BCUT2D eigenvalue weighted by Gasteiger charge is -2.17. The van der Waals surface area contributed by atoms with Gasteiger partial charge < -0.3 is 5.32 Å². The van der Waals surface area contributed by atoms with Crippen LogP contribution in [0.2, 0.25) is 0 Å². The van der Waals surface area contributed by atoms with Gasteiger partial charge >= 0.3 is 6.18 Å². The Balaban J connectivity index is 2.61. The molecule has 1 rings (SSSR count). The van der Waals surface area contributed by atoms with E-state index in [1.165, 1.54) is 0 Å². The van der Waals surface area contributed by atoms with Gasteiger partial charge in [-0.05, 0) is 52.6 Å². The fourth-order valence-corrected chi connectivity index (χ4v) is 2.87. The minimum atomic E-state index is -4.07. The van der Waals surface area contributed by atoms with Crippen LogP contribution >= 0.6 is 33.9 Å². The van der Waals surface area contributed by atoms with Crippen molar-refractivity contribution in [1.82, 2.24) is 5.32 Å². The lowest BCUT2D eigenvalue weighted by molar-refractivity contribution is -0.136. The molecule has 1 atom stereocenters. The van der Waals surface area contributed by atoms with Crippen LogP contribution in [0.1, 0.15) is 31.4 Å². The van der Waals surface area contributed by atoms with Gasteiger partial charge in [0.2, 0.25) is 0 Å². The van der Waals surface area contributed by atoms with Gasteiger partial charge in [-0.25, -0.2) is 0 Å². The van der Waals surface area contributed by atoms with Crippen LogP contribution in [0.25, 0.3) is 0 Å². The molecule has 1 heterocycles. The Hall–Kier alpha value is 0.180. The van der Waals surface area contributed by atoms with E-state index in [1.54, 1.807) is 11.3 Å². The lowest BCUT2D eigenvalue weighted by atomic mass is 10.1. The van der Waals surface area contributed by atoms with E-state index in [0.29, 0.717) is 6.54 Å². The highest BCUT2D eigenvalue weighted by Crippen LogP contribution is 2.30. The molecule has 6 heteroatoms. The summed E-state index contributed by atoms with van der Waals surface area (Å²) in [7, 11) is 0. The summed E-state index contributed by atoms with van der Waals surface area (Å²) in [6, 6.07) is 1.75. The molecule has 0 bridgehead atoms. The largest absolute Gasteiger partial charge is 0.389 e. The van der Waals surface area contributed by atoms with Gasteiger partial charge in [0.25, 0.3) is 0 Å². The molecule has 1 aromatic rings. The van der Waals surface area contributed by atoms with Gasteiger partial charge in [-0.1, -0.05) is 6.92 Å². The van der Waals surface area contributed by atoms with Crippen LogP contribution in [0.5, 0.6) is 0 Å². The predicted molar refractivity (Wildman–Crippen MR) is 68.7 cm³/mol. The van der Waals surface area contributed by atoms with E-state index in [2.05, 4.69) is 27.9 Å². The van der Waals surface area contributed by atoms with Crippen molar-refractivity contribution in [1.29, 1.82) is 0 Å². The summed E-state index contributed by atoms with van der Waals surface area (Å²) < 4.78 is 37.6. The zero-order valence-electron chi connectivity index (χ0n) is 8.77. The van der Waals surface area contributed by atoms with Gasteiger partial charge in [0.05, 0.1) is 2.88 Å². The van der Waals surface area contributed by atoms with Crippen molar-refractivity contribution < 1.29 is 13.2 Å². The summed E-state index contributed by atoms with van der Waals surface area (Å²) >= 11 is 3.73. The minimum Gasteiger partial charge on any atom is -0.310 e. The standard InChI is InChI=1S/C10H13F3INS/c1-2-15-8(3-4-10(11,12)13)7-5-9(14)16-6-7/h5-6,8,15H,2-4H2,1H3. The molecule has 0 saturated carbocycles. The number of thiophene rings is 1. The average Bonchev–Trinajstić information content (AvgIpc) is 2.57. The van der Waals surface area contributed by atoms with E-state index in [-0.39, 0.29) is 12.5 Å². The molecule has 0 aliphatic heterocycles. The Labute approximate surface area is 111 Å². The zero-order valence-corrected chi connectivity index (χ0v) is 11.7. The van der Waals surface area contributed by atoms with Crippen LogP contribution in [-0.4, -0.2) is 12.7 Å². The minimum absolute atomic E-state index is 0.101. The molecule has 1 nitrogen and oxygen atoms in total. The summed E-state index contributed by atoms with van der Waals surface area (Å²) in [6.45, 7) is 2.58. The first-order chi connectivity index (χ1) is 7.42. The summed E-state index contributed by atoms with van der Waals surface area (Å²) in [5.74, 6) is 0. The molecule has 92 valence electrons. The quantitative estimate of drug-likeness (QED) is 0.768. The van der Waals surface area contributed by atoms with Gasteiger partial charge in [0.1, 0.15) is 0 Å². The van der Waals surface area contributed by atoms with E-state index < -0.39 is 12.6 Å². The van der Waals surface area contributed by atoms with Crippen molar-refractivity contribution in [2.75, 3.05) is 6.54 Å². The lowest BCUT2D eigenvalue weighted by Crippen LogP contribution is -2.22. The molecule has 0 fully saturated rings. The Bertz CT molecular complexity index is 324. The predicted octanol–water partition coefficient (Wildman–Crippen LogP) is 4.35. The highest BCUT2D eigenvalue weighted by molar-refractivity contribution is 14.1. The Morgan fingerprint density at radius 1 is 1.50 bits per heavy atom. The normalized spacial score (nSPS) is 14.1. The Morgan fingerprint density at radius 2 is 2.19 bits per heavy atom. The third-order valence-electron chi connectivity index (χ3n) is 2.16. The van der Waals surface area contributed by atoms with Crippen LogP contribution in [0, 0.1) is 2.88 Å². The van der Waals surface area contributed by atoms with E-state index in [4.69, 9.17) is 0 Å². The molecule has 1 unspecified atom stereocenters. The van der Waals surface area contributed by atoms with Crippen molar-refractivity contribution >= 4 is 33.9 Å². The van der Waals surface area contributed by atoms with E-state index in [0.717, 1.165) is 8.45 Å². The molecule has 0 aliphatic rings. The van der Waals surface area contributed by atoms with Gasteiger partial charge in [-0.2, -0.15) is 13.2 Å². The molecular weight excluding hydrogens is 350 g/mol. The number of hydrogen-bond acceptors (Lipinski definition) is 2. The number of nitrogens with one attached hydrogen (secondary N) is 1. The van der Waals surface area contributed by atoms with Crippen molar-refractivity contribution in [2.24, 2.45) is 0 Å². The molecule has 0 saturated heterocycles. The van der Waals surface area contributed by atoms with Crippen LogP contribution in [-0.2, 0) is 0 Å². The summed E-state index contributed by atoms with van der Waals surface area (Å²) in [4.78, 5) is 0. The van der Waals surface area contributed by atoms with Gasteiger partial charge in [-0.3, -0.25) is 0 Å². The monoisotopic (exact) mass is 363 g/mol. The highest BCUT2D eigenvalue weighted by atomic mass is 127. The molecule has 0 aromatic carbocycles. The smallest absolute Gasteiger partial charge is 0.310 e. The molecule has 0 aliphatic carbocycles. The maximum absolute atomic E-state index is 12.2. The van der Waals surface area contributed by atoms with Gasteiger partial charge in [-0.15, -0.1) is 11.3 Å². The third-order valence-corrected chi connectivity index (χ3v) is 3.96. The Morgan fingerprint density at radius 3 is 2.62 bits per heavy atom. The highest BCUT2D eigenvalue weighted by Gasteiger charge is 2.28. The van der Waals surface area contributed by atoms with E-state index >= 15 is 0 Å². The fraction of sp³-hybridized carbons (Fsp3) is 0.600. The first kappa shape index (κ1) is 14.2. The summed E-state index contributed by atoms with van der Waals surface area (Å²) in [6.07, 6.45) is -4.71. The van der Waals surface area contributed by atoms with Crippen molar-refractivity contribution in [3.8, 4) is 0 Å².